The third kappa shape index (κ3) is 6.04. The van der Waals surface area contributed by atoms with Gasteiger partial charge >= 0.3 is 0 Å². The Morgan fingerprint density at radius 3 is 2.42 bits per heavy atom. The summed E-state index contributed by atoms with van der Waals surface area (Å²) in [7, 11) is 0. The van der Waals surface area contributed by atoms with Gasteiger partial charge in [0, 0.05) is 18.8 Å². The molecule has 0 heterocycles. The average Bonchev–Trinajstić information content (AvgIpc) is 2.54. The number of nitrogens with zero attached hydrogens (tertiary/aromatic N) is 1. The minimum atomic E-state index is -0.637. The second-order valence-electron chi connectivity index (χ2n) is 5.74. The van der Waals surface area contributed by atoms with Gasteiger partial charge in [0.15, 0.2) is 0 Å². The van der Waals surface area contributed by atoms with Crippen LogP contribution >= 0.6 is 12.4 Å². The summed E-state index contributed by atoms with van der Waals surface area (Å²) in [5.41, 5.74) is 3.23. The number of anilines is 1. The molecule has 2 N–H and O–H groups in total. The standard InChI is InChI=1S/C19H25NO3.ClH/c1-15-8-9-19(16(2)12-15)23-14-18(22)13-20(10-11-21)17-6-4-3-5-7-17;/h3-9,12,18,21-22H,10-11,13-14H2,1-2H3;1H. The molecule has 0 aliphatic heterocycles. The fraction of sp³-hybridized carbons (Fsp3) is 0.368. The van der Waals surface area contributed by atoms with Crippen molar-refractivity contribution in [1.29, 1.82) is 0 Å². The molecule has 0 amide bonds. The molecule has 1 atom stereocenters. The molecule has 2 rings (SSSR count). The predicted molar refractivity (Wildman–Crippen MR) is 100 cm³/mol. The van der Waals surface area contributed by atoms with Gasteiger partial charge in [-0.3, -0.25) is 0 Å². The van der Waals surface area contributed by atoms with Crippen LogP contribution in [0.3, 0.4) is 0 Å². The normalized spacial score (nSPS) is 11.5. The number of para-hydroxylation sites is 1. The van der Waals surface area contributed by atoms with Crippen molar-refractivity contribution in [3.63, 3.8) is 0 Å². The maximum absolute atomic E-state index is 10.3. The molecule has 4 nitrogen and oxygen atoms in total. The first kappa shape index (κ1) is 20.3. The molecule has 0 saturated heterocycles. The van der Waals surface area contributed by atoms with Gasteiger partial charge in [-0.2, -0.15) is 0 Å². The summed E-state index contributed by atoms with van der Waals surface area (Å²) in [6.45, 7) is 5.19. The van der Waals surface area contributed by atoms with Crippen LogP contribution in [0.25, 0.3) is 0 Å². The van der Waals surface area contributed by atoms with Gasteiger partial charge in [-0.25, -0.2) is 0 Å². The second-order valence-corrected chi connectivity index (χ2v) is 5.74. The minimum Gasteiger partial charge on any atom is -0.491 e. The average molecular weight is 352 g/mol. The summed E-state index contributed by atoms with van der Waals surface area (Å²) in [5.74, 6) is 0.795. The maximum atomic E-state index is 10.3. The Hall–Kier alpha value is -1.75. The Balaban J connectivity index is 0.00000288. The van der Waals surface area contributed by atoms with Crippen LogP contribution in [0.15, 0.2) is 48.5 Å². The van der Waals surface area contributed by atoms with Gasteiger partial charge in [0.1, 0.15) is 18.5 Å². The summed E-state index contributed by atoms with van der Waals surface area (Å²) in [6.07, 6.45) is -0.637. The highest BCUT2D eigenvalue weighted by molar-refractivity contribution is 5.85. The van der Waals surface area contributed by atoms with E-state index in [-0.39, 0.29) is 25.6 Å². The van der Waals surface area contributed by atoms with Gasteiger partial charge in [0.2, 0.25) is 0 Å². The number of rotatable bonds is 8. The highest BCUT2D eigenvalue weighted by Crippen LogP contribution is 2.19. The quantitative estimate of drug-likeness (QED) is 0.767. The summed E-state index contributed by atoms with van der Waals surface area (Å²) < 4.78 is 5.73. The van der Waals surface area contributed by atoms with E-state index in [1.165, 1.54) is 5.56 Å². The summed E-state index contributed by atoms with van der Waals surface area (Å²) in [5, 5.41) is 19.5. The molecule has 24 heavy (non-hydrogen) atoms. The molecule has 2 aromatic rings. The number of aliphatic hydroxyl groups is 2. The maximum Gasteiger partial charge on any atom is 0.122 e. The summed E-state index contributed by atoms with van der Waals surface area (Å²) in [6, 6.07) is 15.7. The van der Waals surface area contributed by atoms with Crippen LogP contribution in [-0.2, 0) is 0 Å². The number of aliphatic hydroxyl groups excluding tert-OH is 2. The van der Waals surface area contributed by atoms with Crippen molar-refractivity contribution in [3.8, 4) is 5.75 Å². The summed E-state index contributed by atoms with van der Waals surface area (Å²) >= 11 is 0. The van der Waals surface area contributed by atoms with Crippen molar-refractivity contribution in [1.82, 2.24) is 0 Å². The van der Waals surface area contributed by atoms with Crippen molar-refractivity contribution in [2.24, 2.45) is 0 Å². The van der Waals surface area contributed by atoms with E-state index >= 15 is 0 Å². The number of ether oxygens (including phenoxy) is 1. The molecule has 0 radical (unpaired) electrons. The van der Waals surface area contributed by atoms with Crippen molar-refractivity contribution in [2.75, 3.05) is 31.2 Å². The van der Waals surface area contributed by atoms with E-state index in [4.69, 9.17) is 4.74 Å². The van der Waals surface area contributed by atoms with Crippen molar-refractivity contribution >= 4 is 18.1 Å². The Labute approximate surface area is 150 Å². The first-order valence-electron chi connectivity index (χ1n) is 7.89. The SMILES string of the molecule is Cc1ccc(OCC(O)CN(CCO)c2ccccc2)c(C)c1.Cl. The molecule has 0 aliphatic rings. The lowest BCUT2D eigenvalue weighted by molar-refractivity contribution is 0.111. The smallest absolute Gasteiger partial charge is 0.122 e. The molecule has 5 heteroatoms. The Morgan fingerprint density at radius 1 is 1.08 bits per heavy atom. The predicted octanol–water partition coefficient (Wildman–Crippen LogP) is 2.96. The summed E-state index contributed by atoms with van der Waals surface area (Å²) in [4.78, 5) is 1.95. The third-order valence-electron chi connectivity index (χ3n) is 3.68. The molecule has 0 spiro atoms. The van der Waals surface area contributed by atoms with Crippen molar-refractivity contribution in [2.45, 2.75) is 20.0 Å². The molecule has 0 bridgehead atoms. The molecule has 0 aliphatic carbocycles. The zero-order valence-electron chi connectivity index (χ0n) is 14.2. The van der Waals surface area contributed by atoms with Crippen LogP contribution in [0, 0.1) is 13.8 Å². The third-order valence-corrected chi connectivity index (χ3v) is 3.68. The number of hydrogen-bond acceptors (Lipinski definition) is 4. The fourth-order valence-electron chi connectivity index (χ4n) is 2.54. The lowest BCUT2D eigenvalue weighted by Gasteiger charge is -2.26. The molecule has 0 aromatic heterocycles. The van der Waals surface area contributed by atoms with Gasteiger partial charge < -0.3 is 19.8 Å². The number of halogens is 1. The van der Waals surface area contributed by atoms with E-state index in [1.54, 1.807) is 0 Å². The van der Waals surface area contributed by atoms with Gasteiger partial charge in [0.05, 0.1) is 6.61 Å². The monoisotopic (exact) mass is 351 g/mol. The van der Waals surface area contributed by atoms with E-state index in [0.29, 0.717) is 13.1 Å². The van der Waals surface area contributed by atoms with Crippen LogP contribution in [-0.4, -0.2) is 42.6 Å². The topological polar surface area (TPSA) is 52.9 Å². The van der Waals surface area contributed by atoms with E-state index in [0.717, 1.165) is 17.0 Å². The first-order chi connectivity index (χ1) is 11.1. The van der Waals surface area contributed by atoms with Crippen LogP contribution < -0.4 is 9.64 Å². The zero-order valence-corrected chi connectivity index (χ0v) is 15.0. The molecular formula is C19H26ClNO3. The Morgan fingerprint density at radius 2 is 1.79 bits per heavy atom. The van der Waals surface area contributed by atoms with E-state index in [1.807, 2.05) is 61.2 Å². The Kier molecular flexibility index (Phi) is 8.61. The first-order valence-corrected chi connectivity index (χ1v) is 7.89. The van der Waals surface area contributed by atoms with Crippen LogP contribution in [0.2, 0.25) is 0 Å². The molecule has 0 fully saturated rings. The van der Waals surface area contributed by atoms with Crippen LogP contribution in [0.1, 0.15) is 11.1 Å². The number of benzene rings is 2. The van der Waals surface area contributed by atoms with Crippen molar-refractivity contribution in [3.05, 3.63) is 59.7 Å². The lowest BCUT2D eigenvalue weighted by Crippen LogP contribution is -2.37. The molecule has 132 valence electrons. The highest BCUT2D eigenvalue weighted by atomic mass is 35.5. The molecule has 1 unspecified atom stereocenters. The molecule has 2 aromatic carbocycles. The largest absolute Gasteiger partial charge is 0.491 e. The molecule has 0 saturated carbocycles. The Bertz CT molecular complexity index is 607. The highest BCUT2D eigenvalue weighted by Gasteiger charge is 2.13. The van der Waals surface area contributed by atoms with Gasteiger partial charge in [-0.05, 0) is 37.6 Å². The van der Waals surface area contributed by atoms with E-state index in [9.17, 15) is 10.2 Å². The van der Waals surface area contributed by atoms with Crippen LogP contribution in [0.4, 0.5) is 5.69 Å². The lowest BCUT2D eigenvalue weighted by atomic mass is 10.1. The van der Waals surface area contributed by atoms with E-state index in [2.05, 4.69) is 6.07 Å². The van der Waals surface area contributed by atoms with Crippen molar-refractivity contribution < 1.29 is 14.9 Å². The fourth-order valence-corrected chi connectivity index (χ4v) is 2.54. The number of aryl methyl sites for hydroxylation is 2. The number of hydrogen-bond donors (Lipinski definition) is 2. The minimum absolute atomic E-state index is 0. The van der Waals surface area contributed by atoms with Gasteiger partial charge in [-0.1, -0.05) is 35.9 Å². The second kappa shape index (κ2) is 10.2. The van der Waals surface area contributed by atoms with Gasteiger partial charge in [-0.15, -0.1) is 12.4 Å². The van der Waals surface area contributed by atoms with E-state index < -0.39 is 6.10 Å². The molecular weight excluding hydrogens is 326 g/mol. The van der Waals surface area contributed by atoms with Crippen LogP contribution in [0.5, 0.6) is 5.75 Å². The zero-order chi connectivity index (χ0) is 16.7. The van der Waals surface area contributed by atoms with Gasteiger partial charge in [0.25, 0.3) is 0 Å².